The third-order valence-electron chi connectivity index (χ3n) is 4.52. The molecule has 1 atom stereocenters. The maximum absolute atomic E-state index is 5.65. The Morgan fingerprint density at radius 1 is 1.29 bits per heavy atom. The number of ether oxygens (including phenoxy) is 1. The van der Waals surface area contributed by atoms with Gasteiger partial charge < -0.3 is 10.1 Å². The highest BCUT2D eigenvalue weighted by Gasteiger charge is 2.41. The van der Waals surface area contributed by atoms with Crippen LogP contribution in [-0.4, -0.2) is 50.3 Å². The van der Waals surface area contributed by atoms with Crippen molar-refractivity contribution in [2.24, 2.45) is 11.3 Å². The van der Waals surface area contributed by atoms with Gasteiger partial charge in [-0.25, -0.2) is 0 Å². The molecule has 0 aliphatic carbocycles. The van der Waals surface area contributed by atoms with Gasteiger partial charge in [-0.2, -0.15) is 0 Å². The lowest BCUT2D eigenvalue weighted by Crippen LogP contribution is -2.42. The van der Waals surface area contributed by atoms with Gasteiger partial charge in [-0.05, 0) is 38.3 Å². The van der Waals surface area contributed by atoms with E-state index in [0.717, 1.165) is 19.3 Å². The zero-order valence-electron chi connectivity index (χ0n) is 11.7. The van der Waals surface area contributed by atoms with E-state index in [1.165, 1.54) is 39.0 Å². The number of likely N-dealkylation sites (tertiary alicyclic amines) is 1. The number of piperidine rings is 1. The summed E-state index contributed by atoms with van der Waals surface area (Å²) in [6, 6.07) is 0.808. The lowest BCUT2D eigenvalue weighted by molar-refractivity contribution is 0.0792. The average Bonchev–Trinajstić information content (AvgIpc) is 2.63. The Labute approximate surface area is 106 Å². The second kappa shape index (κ2) is 5.68. The molecule has 0 aromatic rings. The first-order chi connectivity index (χ1) is 8.13. The Kier molecular flexibility index (Phi) is 4.45. The molecule has 0 bridgehead atoms. The first kappa shape index (κ1) is 13.3. The molecule has 2 aliphatic heterocycles. The molecular formula is C14H28N2O. The van der Waals surface area contributed by atoms with Crippen molar-refractivity contribution >= 4 is 0 Å². The molecule has 3 heteroatoms. The van der Waals surface area contributed by atoms with Crippen molar-refractivity contribution < 1.29 is 4.74 Å². The molecule has 3 nitrogen and oxygen atoms in total. The second-order valence-corrected chi connectivity index (χ2v) is 6.26. The zero-order valence-corrected chi connectivity index (χ0v) is 11.7. The summed E-state index contributed by atoms with van der Waals surface area (Å²) in [7, 11) is 0. The SMILES string of the molecule is CCOC[C@@H]1CN(C2CCNCC2)CC1(C)C. The van der Waals surface area contributed by atoms with Gasteiger partial charge in [0.1, 0.15) is 0 Å². The molecule has 0 saturated carbocycles. The van der Waals surface area contributed by atoms with E-state index in [4.69, 9.17) is 4.74 Å². The normalized spacial score (nSPS) is 30.9. The largest absolute Gasteiger partial charge is 0.381 e. The molecule has 2 heterocycles. The highest BCUT2D eigenvalue weighted by Crippen LogP contribution is 2.37. The van der Waals surface area contributed by atoms with E-state index in [9.17, 15) is 0 Å². The molecule has 0 amide bonds. The Morgan fingerprint density at radius 3 is 2.65 bits per heavy atom. The van der Waals surface area contributed by atoms with E-state index in [1.54, 1.807) is 0 Å². The van der Waals surface area contributed by atoms with Crippen molar-refractivity contribution in [3.63, 3.8) is 0 Å². The van der Waals surface area contributed by atoms with Crippen LogP contribution in [0.4, 0.5) is 0 Å². The third kappa shape index (κ3) is 3.21. The molecule has 0 aromatic heterocycles. The number of hydrogen-bond donors (Lipinski definition) is 1. The minimum absolute atomic E-state index is 0.417. The number of hydrogen-bond acceptors (Lipinski definition) is 3. The molecule has 100 valence electrons. The van der Waals surface area contributed by atoms with Gasteiger partial charge >= 0.3 is 0 Å². The molecule has 0 spiro atoms. The molecule has 1 N–H and O–H groups in total. The zero-order chi connectivity index (χ0) is 12.3. The van der Waals surface area contributed by atoms with Gasteiger partial charge in [-0.1, -0.05) is 13.8 Å². The number of nitrogens with zero attached hydrogens (tertiary/aromatic N) is 1. The van der Waals surface area contributed by atoms with E-state index in [1.807, 2.05) is 0 Å². The minimum atomic E-state index is 0.417. The van der Waals surface area contributed by atoms with E-state index in [-0.39, 0.29) is 0 Å². The van der Waals surface area contributed by atoms with Crippen molar-refractivity contribution in [1.29, 1.82) is 0 Å². The van der Waals surface area contributed by atoms with Crippen LogP contribution in [0, 0.1) is 11.3 Å². The quantitative estimate of drug-likeness (QED) is 0.810. The van der Waals surface area contributed by atoms with Gasteiger partial charge in [0, 0.05) is 31.7 Å². The summed E-state index contributed by atoms with van der Waals surface area (Å²) in [6.45, 7) is 13.5. The fourth-order valence-electron chi connectivity index (χ4n) is 3.24. The van der Waals surface area contributed by atoms with E-state index < -0.39 is 0 Å². The van der Waals surface area contributed by atoms with Gasteiger partial charge in [-0.15, -0.1) is 0 Å². The van der Waals surface area contributed by atoms with Crippen LogP contribution in [0.1, 0.15) is 33.6 Å². The average molecular weight is 240 g/mol. The van der Waals surface area contributed by atoms with Gasteiger partial charge in [0.25, 0.3) is 0 Å². The van der Waals surface area contributed by atoms with Crippen LogP contribution in [0.25, 0.3) is 0 Å². The highest BCUT2D eigenvalue weighted by atomic mass is 16.5. The van der Waals surface area contributed by atoms with Gasteiger partial charge in [0.05, 0.1) is 6.61 Å². The second-order valence-electron chi connectivity index (χ2n) is 6.26. The van der Waals surface area contributed by atoms with Crippen LogP contribution in [0.15, 0.2) is 0 Å². The standard InChI is InChI=1S/C14H28N2O/c1-4-17-10-12-9-16(11-14(12,2)3)13-5-7-15-8-6-13/h12-13,15H,4-11H2,1-3H3/t12-/m0/s1. The molecule has 0 radical (unpaired) electrons. The van der Waals surface area contributed by atoms with Crippen LogP contribution in [0.5, 0.6) is 0 Å². The fraction of sp³-hybridized carbons (Fsp3) is 1.00. The lowest BCUT2D eigenvalue weighted by atomic mass is 9.83. The molecule has 2 rings (SSSR count). The number of nitrogens with one attached hydrogen (secondary N) is 1. The predicted molar refractivity (Wildman–Crippen MR) is 71.2 cm³/mol. The van der Waals surface area contributed by atoms with Crippen LogP contribution < -0.4 is 5.32 Å². The van der Waals surface area contributed by atoms with Gasteiger partial charge in [0.15, 0.2) is 0 Å². The van der Waals surface area contributed by atoms with Crippen molar-refractivity contribution in [3.8, 4) is 0 Å². The minimum Gasteiger partial charge on any atom is -0.381 e. The maximum Gasteiger partial charge on any atom is 0.0511 e. The van der Waals surface area contributed by atoms with Crippen molar-refractivity contribution in [2.45, 2.75) is 39.7 Å². The summed E-state index contributed by atoms with van der Waals surface area (Å²) in [4.78, 5) is 2.71. The molecule has 2 fully saturated rings. The van der Waals surface area contributed by atoms with Crippen molar-refractivity contribution in [2.75, 3.05) is 39.4 Å². The lowest BCUT2D eigenvalue weighted by Gasteiger charge is -2.32. The maximum atomic E-state index is 5.65. The molecule has 2 aliphatic rings. The molecule has 17 heavy (non-hydrogen) atoms. The van der Waals surface area contributed by atoms with Gasteiger partial charge in [-0.3, -0.25) is 4.90 Å². The first-order valence-electron chi connectivity index (χ1n) is 7.16. The third-order valence-corrected chi connectivity index (χ3v) is 4.52. The first-order valence-corrected chi connectivity index (χ1v) is 7.16. The predicted octanol–water partition coefficient (Wildman–Crippen LogP) is 1.73. The molecule has 0 unspecified atom stereocenters. The summed E-state index contributed by atoms with van der Waals surface area (Å²) in [6.07, 6.45) is 2.63. The highest BCUT2D eigenvalue weighted by molar-refractivity contribution is 4.94. The molecule has 2 saturated heterocycles. The summed E-state index contributed by atoms with van der Waals surface area (Å²) in [5.41, 5.74) is 0.417. The van der Waals surface area contributed by atoms with Crippen LogP contribution in [0.3, 0.4) is 0 Å². The van der Waals surface area contributed by atoms with Crippen LogP contribution in [0.2, 0.25) is 0 Å². The van der Waals surface area contributed by atoms with E-state index in [0.29, 0.717) is 11.3 Å². The summed E-state index contributed by atoms with van der Waals surface area (Å²) in [5, 5.41) is 3.45. The van der Waals surface area contributed by atoms with E-state index >= 15 is 0 Å². The topological polar surface area (TPSA) is 24.5 Å². The van der Waals surface area contributed by atoms with E-state index in [2.05, 4.69) is 31.0 Å². The summed E-state index contributed by atoms with van der Waals surface area (Å²) in [5.74, 6) is 0.706. The monoisotopic (exact) mass is 240 g/mol. The fourth-order valence-corrected chi connectivity index (χ4v) is 3.24. The Bertz CT molecular complexity index is 236. The smallest absolute Gasteiger partial charge is 0.0511 e. The van der Waals surface area contributed by atoms with Crippen molar-refractivity contribution in [3.05, 3.63) is 0 Å². The van der Waals surface area contributed by atoms with Gasteiger partial charge in [0.2, 0.25) is 0 Å². The summed E-state index contributed by atoms with van der Waals surface area (Å²) < 4.78 is 5.65. The van der Waals surface area contributed by atoms with Crippen LogP contribution in [-0.2, 0) is 4.74 Å². The van der Waals surface area contributed by atoms with Crippen molar-refractivity contribution in [1.82, 2.24) is 10.2 Å². The Hall–Kier alpha value is -0.120. The summed E-state index contributed by atoms with van der Waals surface area (Å²) >= 11 is 0. The van der Waals surface area contributed by atoms with Crippen LogP contribution >= 0.6 is 0 Å². The Morgan fingerprint density at radius 2 is 2.00 bits per heavy atom. The molecular weight excluding hydrogens is 212 g/mol. The number of rotatable bonds is 4. The molecule has 0 aromatic carbocycles. The Balaban J connectivity index is 1.89.